The molecule has 1 unspecified atom stereocenters. The third-order valence-corrected chi connectivity index (χ3v) is 4.42. The van der Waals surface area contributed by atoms with Crippen LogP contribution in [0, 0.1) is 0 Å². The summed E-state index contributed by atoms with van der Waals surface area (Å²) in [6.07, 6.45) is 4.41. The summed E-state index contributed by atoms with van der Waals surface area (Å²) in [4.78, 5) is 12.8. The maximum absolute atomic E-state index is 12.8. The zero-order valence-corrected chi connectivity index (χ0v) is 14.9. The normalized spacial score (nSPS) is 18.8. The molecular formula is C19H23N3O3. The molecule has 2 aromatic heterocycles. The summed E-state index contributed by atoms with van der Waals surface area (Å²) in [5, 5.41) is 5.51. The summed E-state index contributed by atoms with van der Waals surface area (Å²) in [6.45, 7) is 6.35. The second-order valence-corrected chi connectivity index (χ2v) is 7.48. The molecule has 1 fully saturated rings. The minimum atomic E-state index is -0.558. The third-order valence-electron chi connectivity index (χ3n) is 4.42. The van der Waals surface area contributed by atoms with Gasteiger partial charge in [0.15, 0.2) is 6.23 Å². The van der Waals surface area contributed by atoms with Crippen LogP contribution in [-0.2, 0) is 9.47 Å². The second kappa shape index (κ2) is 5.88. The van der Waals surface area contributed by atoms with Crippen LogP contribution in [0.3, 0.4) is 0 Å². The van der Waals surface area contributed by atoms with Crippen molar-refractivity contribution in [3.8, 4) is 0 Å². The van der Waals surface area contributed by atoms with Gasteiger partial charge in [0.2, 0.25) is 0 Å². The van der Waals surface area contributed by atoms with E-state index >= 15 is 0 Å². The van der Waals surface area contributed by atoms with Gasteiger partial charge in [0.25, 0.3) is 0 Å². The van der Waals surface area contributed by atoms with Crippen molar-refractivity contribution in [3.05, 3.63) is 30.5 Å². The molecule has 3 heterocycles. The minimum Gasteiger partial charge on any atom is -0.443 e. The molecule has 0 spiro atoms. The van der Waals surface area contributed by atoms with Crippen LogP contribution in [-0.4, -0.2) is 32.6 Å². The zero-order chi connectivity index (χ0) is 17.6. The standard InChI is InChI=1S/C19H23N3O3/c1-19(2,3)25-18(23)21-14-9-5-4-8-13(14)17-15(21)12-20-22(17)16-10-6-7-11-24-16/h4-5,8-9,12,16H,6-7,10-11H2,1-3H3. The van der Waals surface area contributed by atoms with Gasteiger partial charge in [-0.1, -0.05) is 18.2 Å². The lowest BCUT2D eigenvalue weighted by molar-refractivity contribution is -0.0365. The smallest absolute Gasteiger partial charge is 0.419 e. The maximum Gasteiger partial charge on any atom is 0.419 e. The number of benzene rings is 1. The zero-order valence-electron chi connectivity index (χ0n) is 14.9. The number of hydrogen-bond donors (Lipinski definition) is 0. The van der Waals surface area contributed by atoms with Gasteiger partial charge in [-0.2, -0.15) is 5.10 Å². The summed E-state index contributed by atoms with van der Waals surface area (Å²) in [5.41, 5.74) is 1.95. The number of nitrogens with zero attached hydrogens (tertiary/aromatic N) is 3. The van der Waals surface area contributed by atoms with Crippen LogP contribution in [0.25, 0.3) is 21.9 Å². The molecule has 132 valence electrons. The Bertz CT molecular complexity index is 927. The molecule has 1 aliphatic rings. The molecule has 6 nitrogen and oxygen atoms in total. The number of rotatable bonds is 1. The lowest BCUT2D eigenvalue weighted by atomic mass is 10.2. The highest BCUT2D eigenvalue weighted by Gasteiger charge is 2.27. The first-order chi connectivity index (χ1) is 12.0. The van der Waals surface area contributed by atoms with E-state index in [1.807, 2.05) is 49.7 Å². The Morgan fingerprint density at radius 1 is 1.24 bits per heavy atom. The van der Waals surface area contributed by atoms with Crippen molar-refractivity contribution in [3.63, 3.8) is 0 Å². The third kappa shape index (κ3) is 2.80. The molecule has 4 rings (SSSR count). The van der Waals surface area contributed by atoms with E-state index < -0.39 is 5.60 Å². The molecular weight excluding hydrogens is 318 g/mol. The molecule has 25 heavy (non-hydrogen) atoms. The van der Waals surface area contributed by atoms with Crippen LogP contribution in [0.5, 0.6) is 0 Å². The van der Waals surface area contributed by atoms with Gasteiger partial charge in [0, 0.05) is 12.0 Å². The van der Waals surface area contributed by atoms with Gasteiger partial charge < -0.3 is 9.47 Å². The van der Waals surface area contributed by atoms with Gasteiger partial charge in [-0.15, -0.1) is 0 Å². The Kier molecular flexibility index (Phi) is 3.80. The Hall–Kier alpha value is -2.34. The predicted molar refractivity (Wildman–Crippen MR) is 95.7 cm³/mol. The highest BCUT2D eigenvalue weighted by Crippen LogP contribution is 2.33. The van der Waals surface area contributed by atoms with E-state index in [1.54, 1.807) is 10.8 Å². The lowest BCUT2D eigenvalue weighted by Crippen LogP contribution is -2.26. The Morgan fingerprint density at radius 2 is 2.04 bits per heavy atom. The number of hydrogen-bond acceptors (Lipinski definition) is 4. The fourth-order valence-corrected chi connectivity index (χ4v) is 3.42. The molecule has 0 radical (unpaired) electrons. The summed E-state index contributed by atoms with van der Waals surface area (Å²) >= 11 is 0. The average molecular weight is 341 g/mol. The van der Waals surface area contributed by atoms with Crippen molar-refractivity contribution >= 4 is 28.0 Å². The number of carbonyl (C=O) groups excluding carboxylic acids is 1. The summed E-state index contributed by atoms with van der Waals surface area (Å²) in [6, 6.07) is 7.85. The molecule has 1 aliphatic heterocycles. The topological polar surface area (TPSA) is 58.3 Å². The Labute approximate surface area is 146 Å². The van der Waals surface area contributed by atoms with Crippen molar-refractivity contribution in [2.45, 2.75) is 51.9 Å². The average Bonchev–Trinajstić information content (AvgIpc) is 3.11. The van der Waals surface area contributed by atoms with Gasteiger partial charge in [-0.3, -0.25) is 0 Å². The van der Waals surface area contributed by atoms with Crippen molar-refractivity contribution in [1.29, 1.82) is 0 Å². The number of ether oxygens (including phenoxy) is 2. The van der Waals surface area contributed by atoms with Crippen molar-refractivity contribution in [2.75, 3.05) is 6.61 Å². The van der Waals surface area contributed by atoms with Crippen molar-refractivity contribution in [2.24, 2.45) is 0 Å². The van der Waals surface area contributed by atoms with Crippen LogP contribution in [0.4, 0.5) is 4.79 Å². The molecule has 0 N–H and O–H groups in total. The largest absolute Gasteiger partial charge is 0.443 e. The lowest BCUT2D eigenvalue weighted by Gasteiger charge is -2.23. The fourth-order valence-electron chi connectivity index (χ4n) is 3.42. The van der Waals surface area contributed by atoms with Gasteiger partial charge in [0.1, 0.15) is 5.60 Å². The van der Waals surface area contributed by atoms with Crippen LogP contribution < -0.4 is 0 Å². The van der Waals surface area contributed by atoms with E-state index in [2.05, 4.69) is 5.10 Å². The number of para-hydroxylation sites is 1. The van der Waals surface area contributed by atoms with E-state index in [9.17, 15) is 4.79 Å². The van der Waals surface area contributed by atoms with E-state index in [1.165, 1.54) is 0 Å². The fraction of sp³-hybridized carbons (Fsp3) is 0.474. The SMILES string of the molecule is CC(C)(C)OC(=O)n1c2ccccc2c2c1cnn2C1CCCCO1. The van der Waals surface area contributed by atoms with Gasteiger partial charge >= 0.3 is 6.09 Å². The Balaban J connectivity index is 1.90. The summed E-state index contributed by atoms with van der Waals surface area (Å²) in [5.74, 6) is 0. The first-order valence-corrected chi connectivity index (χ1v) is 8.77. The molecule has 1 aromatic carbocycles. The van der Waals surface area contributed by atoms with Crippen LogP contribution in [0.15, 0.2) is 30.5 Å². The minimum absolute atomic E-state index is 0.0795. The molecule has 1 atom stereocenters. The van der Waals surface area contributed by atoms with Gasteiger partial charge in [-0.05, 0) is 46.1 Å². The van der Waals surface area contributed by atoms with Gasteiger partial charge in [-0.25, -0.2) is 14.0 Å². The van der Waals surface area contributed by atoms with Crippen molar-refractivity contribution in [1.82, 2.24) is 14.3 Å². The Morgan fingerprint density at radius 3 is 2.76 bits per heavy atom. The monoisotopic (exact) mass is 341 g/mol. The van der Waals surface area contributed by atoms with Crippen LogP contribution in [0.2, 0.25) is 0 Å². The van der Waals surface area contributed by atoms with Crippen LogP contribution >= 0.6 is 0 Å². The van der Waals surface area contributed by atoms with Crippen LogP contribution in [0.1, 0.15) is 46.3 Å². The first kappa shape index (κ1) is 16.1. The summed E-state index contributed by atoms with van der Waals surface area (Å²) in [7, 11) is 0. The number of fused-ring (bicyclic) bond motifs is 3. The molecule has 0 aliphatic carbocycles. The number of carbonyl (C=O) groups is 1. The quantitative estimate of drug-likeness (QED) is 0.655. The molecule has 1 saturated heterocycles. The molecule has 0 bridgehead atoms. The molecule has 0 amide bonds. The molecule has 3 aromatic rings. The maximum atomic E-state index is 12.8. The summed E-state index contributed by atoms with van der Waals surface area (Å²) < 4.78 is 15.0. The van der Waals surface area contributed by atoms with Crippen molar-refractivity contribution < 1.29 is 14.3 Å². The van der Waals surface area contributed by atoms with E-state index in [4.69, 9.17) is 9.47 Å². The van der Waals surface area contributed by atoms with Gasteiger partial charge in [0.05, 0.1) is 22.7 Å². The van der Waals surface area contributed by atoms with E-state index in [-0.39, 0.29) is 12.3 Å². The predicted octanol–water partition coefficient (Wildman–Crippen LogP) is 4.47. The van der Waals surface area contributed by atoms with E-state index in [0.29, 0.717) is 0 Å². The highest BCUT2D eigenvalue weighted by molar-refractivity contribution is 6.10. The second-order valence-electron chi connectivity index (χ2n) is 7.48. The first-order valence-electron chi connectivity index (χ1n) is 8.77. The van der Waals surface area contributed by atoms with E-state index in [0.717, 1.165) is 47.8 Å². The molecule has 6 heteroatoms. The highest BCUT2D eigenvalue weighted by atomic mass is 16.6. The number of aromatic nitrogens is 3. The molecule has 0 saturated carbocycles.